The lowest BCUT2D eigenvalue weighted by Crippen LogP contribution is -2.11. The van der Waals surface area contributed by atoms with E-state index in [9.17, 15) is 35.1 Å². The van der Waals surface area contributed by atoms with Crippen molar-refractivity contribution in [2.75, 3.05) is 5.73 Å². The lowest BCUT2D eigenvalue weighted by atomic mass is 10.2. The predicted octanol–water partition coefficient (Wildman–Crippen LogP) is 6.28. The summed E-state index contributed by atoms with van der Waals surface area (Å²) in [7, 11) is 0. The van der Waals surface area contributed by atoms with Gasteiger partial charge in [-0.3, -0.25) is 0 Å². The van der Waals surface area contributed by atoms with E-state index in [2.05, 4.69) is 10.1 Å². The van der Waals surface area contributed by atoms with Crippen molar-refractivity contribution in [3.05, 3.63) is 45.2 Å². The number of hydrogen-bond donors (Lipinski definition) is 1. The number of halogens is 10. The van der Waals surface area contributed by atoms with Gasteiger partial charge in [0.05, 0.1) is 26.5 Å². The first-order valence-electron chi connectivity index (χ1n) is 7.33. The van der Waals surface area contributed by atoms with Crippen molar-refractivity contribution < 1.29 is 35.1 Å². The summed E-state index contributed by atoms with van der Waals surface area (Å²) >= 11 is 11.7. The van der Waals surface area contributed by atoms with Gasteiger partial charge < -0.3 is 5.73 Å². The van der Waals surface area contributed by atoms with Gasteiger partial charge in [-0.1, -0.05) is 23.2 Å². The van der Waals surface area contributed by atoms with E-state index in [1.54, 1.807) is 0 Å². The normalized spacial score (nSPS) is 12.9. The predicted molar refractivity (Wildman–Crippen MR) is 88.3 cm³/mol. The molecule has 0 aliphatic rings. The molecule has 0 fully saturated rings. The minimum absolute atomic E-state index is 0.457. The van der Waals surface area contributed by atoms with Crippen molar-refractivity contribution in [3.8, 4) is 5.69 Å². The number of nitrogen functional groups attached to an aromatic ring is 1. The van der Waals surface area contributed by atoms with E-state index in [1.807, 2.05) is 0 Å². The molecule has 0 saturated carbocycles. The molecule has 156 valence electrons. The summed E-state index contributed by atoms with van der Waals surface area (Å²) in [5.41, 5.74) is 0.459. The number of hydrogen-bond acceptors (Lipinski definition) is 3. The van der Waals surface area contributed by atoms with Crippen LogP contribution in [0.15, 0.2) is 18.2 Å². The quantitative estimate of drug-likeness (QED) is 0.453. The highest BCUT2D eigenvalue weighted by Gasteiger charge is 2.38. The number of pyridine rings is 1. The molecule has 2 N–H and O–H groups in total. The third-order valence-electron chi connectivity index (χ3n) is 3.76. The van der Waals surface area contributed by atoms with Crippen molar-refractivity contribution >= 4 is 39.9 Å². The lowest BCUT2D eigenvalue weighted by Gasteiger charge is -2.13. The molecule has 0 bridgehead atoms. The van der Waals surface area contributed by atoms with Crippen LogP contribution in [0, 0.1) is 0 Å². The van der Waals surface area contributed by atoms with Crippen LogP contribution in [0.4, 0.5) is 40.9 Å². The highest BCUT2D eigenvalue weighted by atomic mass is 35.5. The van der Waals surface area contributed by atoms with Gasteiger partial charge in [-0.25, -0.2) is 18.4 Å². The SMILES string of the molecule is Nc1c2c(C(F)(F)F)nc(C(F)F)cc2nn1-c1c(Cl)cc(C(F)(F)F)cc1Cl. The summed E-state index contributed by atoms with van der Waals surface area (Å²) in [5, 5.41) is 1.61. The van der Waals surface area contributed by atoms with Crippen LogP contribution in [0.1, 0.15) is 23.4 Å². The van der Waals surface area contributed by atoms with Crippen LogP contribution in [0.25, 0.3) is 16.6 Å². The van der Waals surface area contributed by atoms with Crippen molar-refractivity contribution in [3.63, 3.8) is 0 Å². The Morgan fingerprint density at radius 2 is 1.48 bits per heavy atom. The summed E-state index contributed by atoms with van der Waals surface area (Å²) in [4.78, 5) is 2.91. The van der Waals surface area contributed by atoms with E-state index in [0.29, 0.717) is 22.9 Å². The van der Waals surface area contributed by atoms with E-state index >= 15 is 0 Å². The summed E-state index contributed by atoms with van der Waals surface area (Å²) in [6, 6.07) is 1.53. The Bertz CT molecular complexity index is 1080. The molecule has 0 saturated heterocycles. The van der Waals surface area contributed by atoms with E-state index in [1.165, 1.54) is 0 Å². The molecule has 14 heteroatoms. The fraction of sp³-hybridized carbons (Fsp3) is 0.200. The first kappa shape index (κ1) is 21.4. The monoisotopic (exact) mass is 464 g/mol. The van der Waals surface area contributed by atoms with Crippen LogP contribution in [0.3, 0.4) is 0 Å². The van der Waals surface area contributed by atoms with Gasteiger partial charge in [0.1, 0.15) is 17.2 Å². The first-order valence-corrected chi connectivity index (χ1v) is 8.08. The number of aromatic nitrogens is 3. The second-order valence-electron chi connectivity index (χ2n) is 5.67. The maximum atomic E-state index is 13.3. The molecule has 1 aromatic carbocycles. The molecule has 0 aliphatic carbocycles. The van der Waals surface area contributed by atoms with Crippen LogP contribution < -0.4 is 5.73 Å². The molecule has 0 amide bonds. The molecule has 4 nitrogen and oxygen atoms in total. The topological polar surface area (TPSA) is 56.7 Å². The number of anilines is 1. The molecule has 3 aromatic rings. The van der Waals surface area contributed by atoms with Gasteiger partial charge >= 0.3 is 12.4 Å². The maximum Gasteiger partial charge on any atom is 0.434 e. The van der Waals surface area contributed by atoms with Gasteiger partial charge in [-0.05, 0) is 18.2 Å². The fourth-order valence-corrected chi connectivity index (χ4v) is 3.22. The Kier molecular flexibility index (Phi) is 5.06. The second kappa shape index (κ2) is 6.87. The molecule has 0 spiro atoms. The zero-order valence-electron chi connectivity index (χ0n) is 13.5. The van der Waals surface area contributed by atoms with Crippen LogP contribution in [-0.4, -0.2) is 14.8 Å². The van der Waals surface area contributed by atoms with E-state index in [4.69, 9.17) is 28.9 Å². The molecular weight excluding hydrogens is 459 g/mol. The van der Waals surface area contributed by atoms with Crippen molar-refractivity contribution in [2.45, 2.75) is 18.8 Å². The standard InChI is InChI=1S/C15H6Cl2F8N4/c16-5-1-4(14(20,21)22)2-6(17)10(5)29-13(26)9-7(28-29)3-8(12(18)19)27-11(9)15(23,24)25/h1-3,12H,26H2. The van der Waals surface area contributed by atoms with Gasteiger partial charge in [0.15, 0.2) is 5.69 Å². The van der Waals surface area contributed by atoms with Gasteiger partial charge in [0.25, 0.3) is 6.43 Å². The van der Waals surface area contributed by atoms with Crippen molar-refractivity contribution in [2.24, 2.45) is 0 Å². The highest BCUT2D eigenvalue weighted by molar-refractivity contribution is 6.38. The van der Waals surface area contributed by atoms with Gasteiger partial charge in [0, 0.05) is 0 Å². The minimum atomic E-state index is -5.17. The zero-order chi connectivity index (χ0) is 21.9. The Hall–Kier alpha value is -2.34. The van der Waals surface area contributed by atoms with Crippen molar-refractivity contribution in [1.29, 1.82) is 0 Å². The number of nitrogens with two attached hydrogens (primary N) is 1. The molecule has 2 aromatic heterocycles. The number of rotatable bonds is 2. The third kappa shape index (κ3) is 3.78. The average molecular weight is 465 g/mol. The van der Waals surface area contributed by atoms with Gasteiger partial charge in [0.2, 0.25) is 0 Å². The molecular formula is C15H6Cl2F8N4. The third-order valence-corrected chi connectivity index (χ3v) is 4.33. The molecule has 0 aliphatic heterocycles. The lowest BCUT2D eigenvalue weighted by molar-refractivity contribution is -0.140. The molecule has 0 radical (unpaired) electrons. The fourth-order valence-electron chi connectivity index (χ4n) is 2.57. The van der Waals surface area contributed by atoms with Crippen LogP contribution in [0.2, 0.25) is 10.0 Å². The first-order chi connectivity index (χ1) is 13.2. The molecule has 29 heavy (non-hydrogen) atoms. The second-order valence-corrected chi connectivity index (χ2v) is 6.49. The maximum absolute atomic E-state index is 13.3. The number of benzene rings is 1. The summed E-state index contributed by atoms with van der Waals surface area (Å²) in [6.45, 7) is 0. The Balaban J connectivity index is 2.35. The molecule has 2 heterocycles. The summed E-state index contributed by atoms with van der Waals surface area (Å²) in [5.74, 6) is -0.746. The average Bonchev–Trinajstić information content (AvgIpc) is 2.88. The number of nitrogens with zero attached hydrogens (tertiary/aromatic N) is 3. The Labute approximate surface area is 165 Å². The Morgan fingerprint density at radius 3 is 1.93 bits per heavy atom. The summed E-state index contributed by atoms with van der Waals surface area (Å²) in [6.07, 6.45) is -13.3. The zero-order valence-corrected chi connectivity index (χ0v) is 15.0. The Morgan fingerprint density at radius 1 is 0.931 bits per heavy atom. The highest BCUT2D eigenvalue weighted by Crippen LogP contribution is 2.42. The number of fused-ring (bicyclic) bond motifs is 1. The van der Waals surface area contributed by atoms with Crippen LogP contribution >= 0.6 is 23.2 Å². The minimum Gasteiger partial charge on any atom is -0.383 e. The van der Waals surface area contributed by atoms with Crippen LogP contribution in [0.5, 0.6) is 0 Å². The van der Waals surface area contributed by atoms with Crippen molar-refractivity contribution in [1.82, 2.24) is 14.8 Å². The van der Waals surface area contributed by atoms with Crippen LogP contribution in [-0.2, 0) is 12.4 Å². The summed E-state index contributed by atoms with van der Waals surface area (Å²) < 4.78 is 105. The van der Waals surface area contributed by atoms with E-state index in [0.717, 1.165) is 0 Å². The number of alkyl halides is 8. The van der Waals surface area contributed by atoms with E-state index in [-0.39, 0.29) is 0 Å². The largest absolute Gasteiger partial charge is 0.434 e. The van der Waals surface area contributed by atoms with Gasteiger partial charge in [-0.2, -0.15) is 31.4 Å². The van der Waals surface area contributed by atoms with E-state index < -0.39 is 68.2 Å². The molecule has 0 atom stereocenters. The van der Waals surface area contributed by atoms with Gasteiger partial charge in [-0.15, -0.1) is 0 Å². The molecule has 3 rings (SSSR count). The smallest absolute Gasteiger partial charge is 0.383 e. The molecule has 0 unspecified atom stereocenters.